The Bertz CT molecular complexity index is 1970. The summed E-state index contributed by atoms with van der Waals surface area (Å²) in [5.74, 6) is -2.28. The van der Waals surface area contributed by atoms with Gasteiger partial charge in [0.1, 0.15) is 31.8 Å². The van der Waals surface area contributed by atoms with E-state index in [1.54, 1.807) is 0 Å². The summed E-state index contributed by atoms with van der Waals surface area (Å²) in [6.45, 7) is 0.0270. The second-order valence-electron chi connectivity index (χ2n) is 13.2. The molecule has 1 fully saturated rings. The van der Waals surface area contributed by atoms with Gasteiger partial charge in [0.25, 0.3) is 5.69 Å². The molecule has 0 radical (unpaired) electrons. The second-order valence-corrected chi connectivity index (χ2v) is 13.2. The van der Waals surface area contributed by atoms with E-state index < -0.39 is 59.4 Å². The highest BCUT2D eigenvalue weighted by Crippen LogP contribution is 2.22. The number of ether oxygens (including phenoxy) is 2. The van der Waals surface area contributed by atoms with Crippen LogP contribution in [0.2, 0.25) is 0 Å². The Labute approximate surface area is 317 Å². The number of nitrogens with one attached hydrogen (secondary N) is 3. The van der Waals surface area contributed by atoms with Crippen molar-refractivity contribution in [3.8, 4) is 0 Å². The zero-order valence-corrected chi connectivity index (χ0v) is 30.2. The Hall–Kier alpha value is -6.35. The monoisotopic (exact) mass is 752 g/mol. The zero-order valence-electron chi connectivity index (χ0n) is 30.2. The number of nitro benzene ring substituents is 1. The van der Waals surface area contributed by atoms with E-state index in [1.165, 1.54) is 29.2 Å². The molecule has 1 saturated heterocycles. The highest BCUT2D eigenvalue weighted by atomic mass is 16.6. The van der Waals surface area contributed by atoms with E-state index in [0.29, 0.717) is 24.8 Å². The average Bonchev–Trinajstić information content (AvgIpc) is 3.70. The van der Waals surface area contributed by atoms with Gasteiger partial charge in [-0.25, -0.2) is 4.79 Å². The molecule has 0 aromatic heterocycles. The molecule has 0 spiro atoms. The minimum Gasteiger partial charge on any atom is -0.460 e. The molecule has 0 bridgehead atoms. The lowest BCUT2D eigenvalue weighted by Gasteiger charge is -2.29. The van der Waals surface area contributed by atoms with E-state index in [2.05, 4.69) is 16.0 Å². The standard InChI is InChI=1S/C40H44N6O9/c41-33(12-6-20-42-40(51)55-26-27-8-2-1-3-9-27)37(48)44-34(23-29-14-17-30-10-4-5-11-31(30)22-29)39(50)45-21-7-13-35(45)38(49)43-24-36(47)54-25-28-15-18-32(19-16-28)46(52)53/h1-5,8-11,14-19,22,33-35H,6-7,12-13,20-21,23-26,41H2,(H,42,51)(H,43,49)(H,44,48)/t33-,34+,35-/m1/s1. The smallest absolute Gasteiger partial charge is 0.407 e. The normalized spacial score (nSPS) is 14.7. The van der Waals surface area contributed by atoms with Gasteiger partial charge in [0.15, 0.2) is 0 Å². The Morgan fingerprint density at radius 1 is 0.836 bits per heavy atom. The Kier molecular flexibility index (Phi) is 14.2. The number of amides is 4. The fourth-order valence-corrected chi connectivity index (χ4v) is 6.21. The van der Waals surface area contributed by atoms with Crippen molar-refractivity contribution in [1.29, 1.82) is 0 Å². The molecular formula is C40H44N6O9. The number of nitrogens with two attached hydrogens (primary N) is 1. The minimum absolute atomic E-state index is 0.0941. The number of rotatable bonds is 17. The molecule has 55 heavy (non-hydrogen) atoms. The number of alkyl carbamates (subject to hydrolysis) is 1. The predicted molar refractivity (Wildman–Crippen MR) is 202 cm³/mol. The molecule has 15 heteroatoms. The van der Waals surface area contributed by atoms with Gasteiger partial charge in [-0.15, -0.1) is 0 Å². The highest BCUT2D eigenvalue weighted by molar-refractivity contribution is 5.94. The number of hydrogen-bond donors (Lipinski definition) is 4. The molecular weight excluding hydrogens is 708 g/mol. The van der Waals surface area contributed by atoms with Crippen LogP contribution < -0.4 is 21.7 Å². The third-order valence-corrected chi connectivity index (χ3v) is 9.17. The fourth-order valence-electron chi connectivity index (χ4n) is 6.21. The summed E-state index contributed by atoms with van der Waals surface area (Å²) in [5.41, 5.74) is 8.33. The number of carbonyl (C=O) groups excluding carboxylic acids is 5. The van der Waals surface area contributed by atoms with Crippen molar-refractivity contribution in [2.45, 2.75) is 63.4 Å². The number of benzene rings is 4. The van der Waals surface area contributed by atoms with Crippen LogP contribution in [0.3, 0.4) is 0 Å². The van der Waals surface area contributed by atoms with Crippen LogP contribution in [-0.2, 0) is 48.3 Å². The third kappa shape index (κ3) is 11.8. The predicted octanol–water partition coefficient (Wildman–Crippen LogP) is 3.66. The van der Waals surface area contributed by atoms with Gasteiger partial charge in [-0.2, -0.15) is 0 Å². The quantitative estimate of drug-likeness (QED) is 0.0532. The summed E-state index contributed by atoms with van der Waals surface area (Å²) in [7, 11) is 0. The van der Waals surface area contributed by atoms with Gasteiger partial charge in [0.05, 0.1) is 11.0 Å². The number of hydrogen-bond acceptors (Lipinski definition) is 10. The van der Waals surface area contributed by atoms with Crippen molar-refractivity contribution in [3.63, 3.8) is 0 Å². The fraction of sp³-hybridized carbons (Fsp3) is 0.325. The van der Waals surface area contributed by atoms with E-state index in [4.69, 9.17) is 15.2 Å². The molecule has 5 N–H and O–H groups in total. The molecule has 0 saturated carbocycles. The number of carbonyl (C=O) groups is 5. The summed E-state index contributed by atoms with van der Waals surface area (Å²) in [5, 5.41) is 20.9. The van der Waals surface area contributed by atoms with E-state index in [0.717, 1.165) is 21.9 Å². The van der Waals surface area contributed by atoms with Gasteiger partial charge in [-0.05, 0) is 65.3 Å². The van der Waals surface area contributed by atoms with E-state index in [1.807, 2.05) is 72.8 Å². The molecule has 5 rings (SSSR count). The number of esters is 1. The Morgan fingerprint density at radius 3 is 2.25 bits per heavy atom. The topological polar surface area (TPSA) is 212 Å². The summed E-state index contributed by atoms with van der Waals surface area (Å²) < 4.78 is 10.4. The molecule has 4 amide bonds. The Morgan fingerprint density at radius 2 is 1.51 bits per heavy atom. The lowest BCUT2D eigenvalue weighted by atomic mass is 10.00. The van der Waals surface area contributed by atoms with Crippen LogP contribution >= 0.6 is 0 Å². The minimum atomic E-state index is -1.05. The zero-order chi connectivity index (χ0) is 39.2. The van der Waals surface area contributed by atoms with Crippen molar-refractivity contribution < 1.29 is 38.4 Å². The largest absolute Gasteiger partial charge is 0.460 e. The van der Waals surface area contributed by atoms with Crippen molar-refractivity contribution in [2.75, 3.05) is 19.6 Å². The van der Waals surface area contributed by atoms with Crippen LogP contribution in [0, 0.1) is 10.1 Å². The molecule has 1 aliphatic rings. The van der Waals surface area contributed by atoms with Gasteiger partial charge < -0.3 is 36.1 Å². The van der Waals surface area contributed by atoms with Gasteiger partial charge in [0, 0.05) is 31.6 Å². The number of fused-ring (bicyclic) bond motifs is 1. The first-order valence-corrected chi connectivity index (χ1v) is 18.0. The lowest BCUT2D eigenvalue weighted by Crippen LogP contribution is -2.56. The molecule has 1 aliphatic heterocycles. The first-order chi connectivity index (χ1) is 26.6. The van der Waals surface area contributed by atoms with E-state index >= 15 is 0 Å². The van der Waals surface area contributed by atoms with Gasteiger partial charge >= 0.3 is 12.1 Å². The molecule has 15 nitrogen and oxygen atoms in total. The molecule has 288 valence electrons. The van der Waals surface area contributed by atoms with Crippen LogP contribution in [0.5, 0.6) is 0 Å². The summed E-state index contributed by atoms with van der Waals surface area (Å²) in [6.07, 6.45) is 1.03. The molecule has 4 aromatic carbocycles. The molecule has 4 aromatic rings. The van der Waals surface area contributed by atoms with Gasteiger partial charge in [-0.3, -0.25) is 29.3 Å². The molecule has 0 unspecified atom stereocenters. The van der Waals surface area contributed by atoms with Crippen molar-refractivity contribution in [2.24, 2.45) is 5.73 Å². The average molecular weight is 753 g/mol. The van der Waals surface area contributed by atoms with Crippen molar-refractivity contribution in [3.05, 3.63) is 124 Å². The number of nitro groups is 1. The van der Waals surface area contributed by atoms with Crippen LogP contribution in [-0.4, -0.2) is 77.4 Å². The summed E-state index contributed by atoms with van der Waals surface area (Å²) >= 11 is 0. The second kappa shape index (κ2) is 19.6. The van der Waals surface area contributed by atoms with E-state index in [9.17, 15) is 34.1 Å². The molecule has 0 aliphatic carbocycles. The highest BCUT2D eigenvalue weighted by Gasteiger charge is 2.38. The first-order valence-electron chi connectivity index (χ1n) is 18.0. The molecule has 3 atom stereocenters. The van der Waals surface area contributed by atoms with Gasteiger partial charge in [-0.1, -0.05) is 72.8 Å². The van der Waals surface area contributed by atoms with E-state index in [-0.39, 0.29) is 44.8 Å². The van der Waals surface area contributed by atoms with Crippen LogP contribution in [0.1, 0.15) is 42.4 Å². The first kappa shape index (κ1) is 39.8. The van der Waals surface area contributed by atoms with Crippen molar-refractivity contribution in [1.82, 2.24) is 20.9 Å². The van der Waals surface area contributed by atoms with Crippen LogP contribution in [0.15, 0.2) is 97.1 Å². The van der Waals surface area contributed by atoms with Crippen molar-refractivity contribution >= 4 is 46.2 Å². The maximum absolute atomic E-state index is 14.1. The summed E-state index contributed by atoms with van der Waals surface area (Å²) in [4.78, 5) is 77.1. The molecule has 1 heterocycles. The summed E-state index contributed by atoms with van der Waals surface area (Å²) in [6, 6.07) is 25.4. The number of non-ortho nitro benzene ring substituents is 1. The van der Waals surface area contributed by atoms with Crippen LogP contribution in [0.25, 0.3) is 10.8 Å². The third-order valence-electron chi connectivity index (χ3n) is 9.17. The SMILES string of the molecule is N[C@H](CCCNC(=O)OCc1ccccc1)C(=O)N[C@@H](Cc1ccc2ccccc2c1)C(=O)N1CCC[C@@H]1C(=O)NCC(=O)OCc1ccc([N+](=O)[O-])cc1. The number of likely N-dealkylation sites (tertiary alicyclic amines) is 1. The van der Waals surface area contributed by atoms with Gasteiger partial charge in [0.2, 0.25) is 17.7 Å². The maximum Gasteiger partial charge on any atom is 0.407 e. The van der Waals surface area contributed by atoms with Crippen LogP contribution in [0.4, 0.5) is 10.5 Å². The number of nitrogens with zero attached hydrogens (tertiary/aromatic N) is 2. The maximum atomic E-state index is 14.1. The lowest BCUT2D eigenvalue weighted by molar-refractivity contribution is -0.384. The Balaban J connectivity index is 1.16.